The van der Waals surface area contributed by atoms with Crippen LogP contribution in [0, 0.1) is 12.3 Å². The van der Waals surface area contributed by atoms with Gasteiger partial charge in [0.25, 0.3) is 0 Å². The topological polar surface area (TPSA) is 54.0 Å². The first-order valence-electron chi connectivity index (χ1n) is 6.73. The summed E-state index contributed by atoms with van der Waals surface area (Å²) in [6.07, 6.45) is 5.02. The number of ether oxygens (including phenoxy) is 4. The fourth-order valence-electron chi connectivity index (χ4n) is 1.42. The summed E-state index contributed by atoms with van der Waals surface area (Å²) in [4.78, 5) is 11.6. The van der Waals surface area contributed by atoms with E-state index < -0.39 is 0 Å². The van der Waals surface area contributed by atoms with Crippen LogP contribution < -0.4 is 0 Å². The Morgan fingerprint density at radius 2 is 1.48 bits per heavy atom. The predicted molar refractivity (Wildman–Crippen MR) is 78.0 cm³/mol. The van der Waals surface area contributed by atoms with Crippen LogP contribution >= 0.6 is 0 Å². The van der Waals surface area contributed by atoms with Crippen LogP contribution in [0.5, 0.6) is 0 Å². The van der Waals surface area contributed by atoms with E-state index in [2.05, 4.69) is 5.92 Å². The number of rotatable bonds is 11. The van der Waals surface area contributed by atoms with Crippen molar-refractivity contribution >= 4 is 5.97 Å². The molecule has 0 aliphatic rings. The SMILES string of the molecule is C#CCOCCOCCOCCOC(=O)c1ccccc1. The minimum atomic E-state index is -0.346. The molecule has 0 amide bonds. The van der Waals surface area contributed by atoms with Crippen molar-refractivity contribution in [3.63, 3.8) is 0 Å². The lowest BCUT2D eigenvalue weighted by atomic mass is 10.2. The maximum atomic E-state index is 11.6. The molecule has 0 N–H and O–H groups in total. The Bertz CT molecular complexity index is 424. The molecule has 0 fully saturated rings. The molecule has 1 rings (SSSR count). The van der Waals surface area contributed by atoms with Gasteiger partial charge in [-0.1, -0.05) is 24.1 Å². The maximum absolute atomic E-state index is 11.6. The number of carbonyl (C=O) groups is 1. The minimum absolute atomic E-state index is 0.221. The number of terminal acetylenes is 1. The summed E-state index contributed by atoms with van der Waals surface area (Å²) in [6, 6.07) is 8.84. The third-order valence-corrected chi connectivity index (χ3v) is 2.40. The summed E-state index contributed by atoms with van der Waals surface area (Å²) >= 11 is 0. The van der Waals surface area contributed by atoms with E-state index in [4.69, 9.17) is 25.4 Å². The van der Waals surface area contributed by atoms with Crippen molar-refractivity contribution in [1.82, 2.24) is 0 Å². The molecule has 0 spiro atoms. The van der Waals surface area contributed by atoms with Crippen LogP contribution in [0.4, 0.5) is 0 Å². The van der Waals surface area contributed by atoms with E-state index in [0.29, 0.717) is 45.2 Å². The van der Waals surface area contributed by atoms with Crippen LogP contribution in [0.3, 0.4) is 0 Å². The van der Waals surface area contributed by atoms with Gasteiger partial charge < -0.3 is 18.9 Å². The third-order valence-electron chi connectivity index (χ3n) is 2.40. The van der Waals surface area contributed by atoms with Gasteiger partial charge in [0.05, 0.1) is 38.6 Å². The van der Waals surface area contributed by atoms with E-state index in [1.54, 1.807) is 24.3 Å². The van der Waals surface area contributed by atoms with Gasteiger partial charge in [-0.25, -0.2) is 4.79 Å². The molecule has 21 heavy (non-hydrogen) atoms. The van der Waals surface area contributed by atoms with Gasteiger partial charge in [0.15, 0.2) is 0 Å². The Balaban J connectivity index is 1.89. The second-order valence-electron chi connectivity index (χ2n) is 3.98. The predicted octanol–water partition coefficient (Wildman–Crippen LogP) is 1.53. The van der Waals surface area contributed by atoms with Crippen LogP contribution in [-0.2, 0) is 18.9 Å². The fourth-order valence-corrected chi connectivity index (χ4v) is 1.42. The van der Waals surface area contributed by atoms with E-state index in [1.807, 2.05) is 6.07 Å². The second-order valence-corrected chi connectivity index (χ2v) is 3.98. The molecule has 0 atom stereocenters. The quantitative estimate of drug-likeness (QED) is 0.352. The highest BCUT2D eigenvalue weighted by molar-refractivity contribution is 5.89. The maximum Gasteiger partial charge on any atom is 0.338 e. The molecule has 5 nitrogen and oxygen atoms in total. The molecule has 0 aliphatic carbocycles. The molecule has 0 unspecified atom stereocenters. The number of hydrogen-bond acceptors (Lipinski definition) is 5. The normalized spacial score (nSPS) is 10.0. The zero-order chi connectivity index (χ0) is 15.2. The van der Waals surface area contributed by atoms with Gasteiger partial charge >= 0.3 is 5.97 Å². The van der Waals surface area contributed by atoms with Crippen LogP contribution in [0.15, 0.2) is 30.3 Å². The Labute approximate surface area is 125 Å². The van der Waals surface area contributed by atoms with Crippen LogP contribution in [0.2, 0.25) is 0 Å². The Morgan fingerprint density at radius 1 is 0.905 bits per heavy atom. The smallest absolute Gasteiger partial charge is 0.338 e. The highest BCUT2D eigenvalue weighted by Crippen LogP contribution is 2.00. The summed E-state index contributed by atoms with van der Waals surface area (Å²) < 4.78 is 20.6. The largest absolute Gasteiger partial charge is 0.460 e. The van der Waals surface area contributed by atoms with Gasteiger partial charge in [0.2, 0.25) is 0 Å². The van der Waals surface area contributed by atoms with Crippen LogP contribution in [0.1, 0.15) is 10.4 Å². The van der Waals surface area contributed by atoms with Gasteiger partial charge in [0, 0.05) is 0 Å². The van der Waals surface area contributed by atoms with Crippen LogP contribution in [-0.4, -0.2) is 52.2 Å². The highest BCUT2D eigenvalue weighted by Gasteiger charge is 2.04. The summed E-state index contributed by atoms with van der Waals surface area (Å²) in [7, 11) is 0. The monoisotopic (exact) mass is 292 g/mol. The van der Waals surface area contributed by atoms with E-state index >= 15 is 0 Å². The Morgan fingerprint density at radius 3 is 2.10 bits per heavy atom. The molecule has 1 aromatic rings. The molecule has 0 radical (unpaired) electrons. The van der Waals surface area contributed by atoms with Crippen molar-refractivity contribution in [2.45, 2.75) is 0 Å². The average molecular weight is 292 g/mol. The molecular formula is C16H20O5. The first-order valence-corrected chi connectivity index (χ1v) is 6.73. The van der Waals surface area contributed by atoms with Crippen molar-refractivity contribution in [3.05, 3.63) is 35.9 Å². The van der Waals surface area contributed by atoms with Gasteiger partial charge in [-0.15, -0.1) is 6.42 Å². The number of carbonyl (C=O) groups excluding carboxylic acids is 1. The molecule has 0 aromatic heterocycles. The summed E-state index contributed by atoms with van der Waals surface area (Å²) in [5.41, 5.74) is 0.535. The number of esters is 1. The van der Waals surface area contributed by atoms with E-state index in [0.717, 1.165) is 0 Å². The summed E-state index contributed by atoms with van der Waals surface area (Å²) in [5.74, 6) is 2.02. The lowest BCUT2D eigenvalue weighted by Gasteiger charge is -2.07. The van der Waals surface area contributed by atoms with Gasteiger partial charge in [-0.05, 0) is 12.1 Å². The number of benzene rings is 1. The minimum Gasteiger partial charge on any atom is -0.460 e. The Kier molecular flexibility index (Phi) is 9.75. The lowest BCUT2D eigenvalue weighted by molar-refractivity contribution is 0.00351. The van der Waals surface area contributed by atoms with Crippen molar-refractivity contribution < 1.29 is 23.7 Å². The molecule has 0 saturated heterocycles. The second kappa shape index (κ2) is 11.9. The van der Waals surface area contributed by atoms with Gasteiger partial charge in [-0.3, -0.25) is 0 Å². The van der Waals surface area contributed by atoms with E-state index in [9.17, 15) is 4.79 Å². The molecule has 5 heteroatoms. The van der Waals surface area contributed by atoms with Crippen molar-refractivity contribution in [2.75, 3.05) is 46.2 Å². The number of hydrogen-bond donors (Lipinski definition) is 0. The van der Waals surface area contributed by atoms with E-state index in [-0.39, 0.29) is 12.6 Å². The summed E-state index contributed by atoms with van der Waals surface area (Å²) in [5, 5.41) is 0. The van der Waals surface area contributed by atoms with Crippen molar-refractivity contribution in [1.29, 1.82) is 0 Å². The van der Waals surface area contributed by atoms with Gasteiger partial charge in [0.1, 0.15) is 13.2 Å². The first kappa shape index (κ1) is 17.2. The van der Waals surface area contributed by atoms with Crippen LogP contribution in [0.25, 0.3) is 0 Å². The lowest BCUT2D eigenvalue weighted by Crippen LogP contribution is -2.14. The average Bonchev–Trinajstić information content (AvgIpc) is 2.53. The standard InChI is InChI=1S/C16H20O5/c1-2-8-18-9-10-19-11-12-20-13-14-21-16(17)15-6-4-3-5-7-15/h1,3-7H,8-14H2. The molecule has 0 aliphatic heterocycles. The molecule has 0 bridgehead atoms. The first-order chi connectivity index (χ1) is 10.3. The van der Waals surface area contributed by atoms with Gasteiger partial charge in [-0.2, -0.15) is 0 Å². The molecule has 1 aromatic carbocycles. The fraction of sp³-hybridized carbons (Fsp3) is 0.438. The zero-order valence-electron chi connectivity index (χ0n) is 12.0. The molecule has 0 saturated carbocycles. The summed E-state index contributed by atoms with van der Waals surface area (Å²) in [6.45, 7) is 2.72. The van der Waals surface area contributed by atoms with Crippen molar-refractivity contribution in [2.24, 2.45) is 0 Å². The van der Waals surface area contributed by atoms with Crippen molar-refractivity contribution in [3.8, 4) is 12.3 Å². The molecular weight excluding hydrogens is 272 g/mol. The molecule has 114 valence electrons. The Hall–Kier alpha value is -1.87. The zero-order valence-corrected chi connectivity index (χ0v) is 12.0. The third kappa shape index (κ3) is 8.82. The van der Waals surface area contributed by atoms with E-state index in [1.165, 1.54) is 0 Å². The highest BCUT2D eigenvalue weighted by atomic mass is 16.6. The molecule has 0 heterocycles.